The number of hydrogen-bond acceptors (Lipinski definition) is 4. The van der Waals surface area contributed by atoms with Crippen molar-refractivity contribution in [2.24, 2.45) is 7.05 Å². The molecule has 4 rings (SSSR count). The number of nitrogens with zero attached hydrogens (tertiary/aromatic N) is 5. The number of fused-ring (bicyclic) bond motifs is 3. The third kappa shape index (κ3) is 2.24. The predicted octanol–water partition coefficient (Wildman–Crippen LogP) is 1.91. The minimum Gasteiger partial charge on any atom is -0.298 e. The molecule has 1 aromatic carbocycles. The lowest BCUT2D eigenvalue weighted by Gasteiger charge is -2.12. The maximum absolute atomic E-state index is 13.3. The van der Waals surface area contributed by atoms with Crippen LogP contribution in [0.1, 0.15) is 31.3 Å². The van der Waals surface area contributed by atoms with Crippen molar-refractivity contribution in [3.8, 4) is 5.69 Å². The molecule has 0 aliphatic rings. The lowest BCUT2D eigenvalue weighted by atomic mass is 10.2. The maximum atomic E-state index is 13.3. The van der Waals surface area contributed by atoms with Crippen molar-refractivity contribution in [1.29, 1.82) is 0 Å². The first-order chi connectivity index (χ1) is 13.3. The summed E-state index contributed by atoms with van der Waals surface area (Å²) in [6.45, 7) is 6.80. The van der Waals surface area contributed by atoms with Crippen molar-refractivity contribution in [2.45, 2.75) is 33.7 Å². The third-order valence-electron chi connectivity index (χ3n) is 5.46. The molecule has 28 heavy (non-hydrogen) atoms. The zero-order valence-electron chi connectivity index (χ0n) is 16.4. The van der Waals surface area contributed by atoms with Gasteiger partial charge in [-0.05, 0) is 39.8 Å². The van der Waals surface area contributed by atoms with E-state index in [0.29, 0.717) is 16.9 Å². The van der Waals surface area contributed by atoms with Crippen molar-refractivity contribution in [2.75, 3.05) is 0 Å². The molecule has 3 heterocycles. The van der Waals surface area contributed by atoms with Gasteiger partial charge in [-0.2, -0.15) is 4.98 Å². The number of imidazole rings is 2. The fourth-order valence-electron chi connectivity index (χ4n) is 3.63. The van der Waals surface area contributed by atoms with Crippen LogP contribution < -0.4 is 11.2 Å². The first-order valence-electron chi connectivity index (χ1n) is 9.03. The van der Waals surface area contributed by atoms with Crippen molar-refractivity contribution < 1.29 is 4.79 Å². The highest BCUT2D eigenvalue weighted by molar-refractivity contribution is 5.81. The second kappa shape index (κ2) is 6.05. The number of hydrogen-bond donors (Lipinski definition) is 0. The minimum absolute atomic E-state index is 0.255. The molecule has 0 bridgehead atoms. The molecule has 1 unspecified atom stereocenters. The quantitative estimate of drug-likeness (QED) is 0.544. The molecule has 0 amide bonds. The maximum Gasteiger partial charge on any atom is 0.333 e. The summed E-state index contributed by atoms with van der Waals surface area (Å²) in [6, 6.07) is 8.86. The highest BCUT2D eigenvalue weighted by Crippen LogP contribution is 2.24. The average molecular weight is 379 g/mol. The van der Waals surface area contributed by atoms with Gasteiger partial charge in [0.25, 0.3) is 5.56 Å². The Morgan fingerprint density at radius 1 is 1.07 bits per heavy atom. The monoisotopic (exact) mass is 379 g/mol. The van der Waals surface area contributed by atoms with Gasteiger partial charge in [0.05, 0.1) is 6.04 Å². The molecule has 0 fully saturated rings. The zero-order valence-corrected chi connectivity index (χ0v) is 16.4. The van der Waals surface area contributed by atoms with Gasteiger partial charge in [-0.15, -0.1) is 0 Å². The van der Waals surface area contributed by atoms with Crippen LogP contribution in [0.3, 0.4) is 0 Å². The van der Waals surface area contributed by atoms with Gasteiger partial charge in [0.2, 0.25) is 5.78 Å². The molecular weight excluding hydrogens is 358 g/mol. The van der Waals surface area contributed by atoms with Gasteiger partial charge < -0.3 is 0 Å². The summed E-state index contributed by atoms with van der Waals surface area (Å²) >= 11 is 0. The van der Waals surface area contributed by atoms with Gasteiger partial charge in [0.1, 0.15) is 0 Å². The molecule has 0 spiro atoms. The third-order valence-corrected chi connectivity index (χ3v) is 5.46. The van der Waals surface area contributed by atoms with E-state index in [2.05, 4.69) is 4.98 Å². The van der Waals surface area contributed by atoms with Crippen LogP contribution in [0.4, 0.5) is 0 Å². The van der Waals surface area contributed by atoms with Crippen molar-refractivity contribution in [3.63, 3.8) is 0 Å². The van der Waals surface area contributed by atoms with E-state index in [0.717, 1.165) is 21.6 Å². The zero-order chi connectivity index (χ0) is 20.3. The summed E-state index contributed by atoms with van der Waals surface area (Å²) < 4.78 is 6.06. The number of aryl methyl sites for hydroxylation is 2. The summed E-state index contributed by atoms with van der Waals surface area (Å²) in [5.74, 6) is 0.297. The highest BCUT2D eigenvalue weighted by atomic mass is 16.2. The standard InChI is InChI=1S/C20H21N5O3/c1-11-12(2)24-16-17(21-19(24)23(11)15-9-7-6-8-10-15)22(5)20(28)25(18(16)27)13(3)14(4)26/h6-10,13H,1-5H3. The van der Waals surface area contributed by atoms with Crippen LogP contribution in [-0.4, -0.2) is 28.9 Å². The van der Waals surface area contributed by atoms with Crippen molar-refractivity contribution >= 4 is 22.7 Å². The Labute approximate surface area is 160 Å². The lowest BCUT2D eigenvalue weighted by molar-refractivity contribution is -0.119. The smallest absolute Gasteiger partial charge is 0.298 e. The van der Waals surface area contributed by atoms with E-state index in [9.17, 15) is 14.4 Å². The Morgan fingerprint density at radius 3 is 2.32 bits per heavy atom. The first-order valence-corrected chi connectivity index (χ1v) is 9.03. The Kier molecular flexibility index (Phi) is 3.88. The summed E-state index contributed by atoms with van der Waals surface area (Å²) in [5, 5.41) is 0. The lowest BCUT2D eigenvalue weighted by Crippen LogP contribution is -2.42. The van der Waals surface area contributed by atoms with Crippen LogP contribution in [-0.2, 0) is 11.8 Å². The molecule has 1 atom stereocenters. The van der Waals surface area contributed by atoms with Crippen LogP contribution in [0.5, 0.6) is 0 Å². The van der Waals surface area contributed by atoms with Gasteiger partial charge in [-0.25, -0.2) is 9.36 Å². The van der Waals surface area contributed by atoms with E-state index in [1.54, 1.807) is 18.4 Å². The van der Waals surface area contributed by atoms with Crippen LogP contribution in [0, 0.1) is 13.8 Å². The Morgan fingerprint density at radius 2 is 1.71 bits per heavy atom. The topological polar surface area (TPSA) is 83.3 Å². The molecule has 144 valence electrons. The highest BCUT2D eigenvalue weighted by Gasteiger charge is 2.25. The van der Waals surface area contributed by atoms with Gasteiger partial charge in [-0.1, -0.05) is 18.2 Å². The number of benzene rings is 1. The van der Waals surface area contributed by atoms with E-state index >= 15 is 0 Å². The van der Waals surface area contributed by atoms with Crippen LogP contribution in [0.2, 0.25) is 0 Å². The van der Waals surface area contributed by atoms with Gasteiger partial charge in [0, 0.05) is 24.1 Å². The largest absolute Gasteiger partial charge is 0.333 e. The number of carbonyl (C=O) groups excluding carboxylic acids is 1. The van der Waals surface area contributed by atoms with E-state index in [4.69, 9.17) is 0 Å². The first kappa shape index (κ1) is 18.0. The van der Waals surface area contributed by atoms with Crippen LogP contribution in [0.25, 0.3) is 22.6 Å². The van der Waals surface area contributed by atoms with Gasteiger partial charge in [0.15, 0.2) is 16.9 Å². The fraction of sp³-hybridized carbons (Fsp3) is 0.300. The van der Waals surface area contributed by atoms with Gasteiger partial charge >= 0.3 is 5.69 Å². The second-order valence-electron chi connectivity index (χ2n) is 7.06. The molecule has 8 nitrogen and oxygen atoms in total. The van der Waals surface area contributed by atoms with Gasteiger partial charge in [-0.3, -0.25) is 23.1 Å². The number of para-hydroxylation sites is 1. The van der Waals surface area contributed by atoms with E-state index in [1.807, 2.05) is 48.7 Å². The fourth-order valence-corrected chi connectivity index (χ4v) is 3.63. The second-order valence-corrected chi connectivity index (χ2v) is 7.06. The van der Waals surface area contributed by atoms with Crippen LogP contribution >= 0.6 is 0 Å². The molecule has 0 saturated heterocycles. The van der Waals surface area contributed by atoms with E-state index in [-0.39, 0.29) is 5.78 Å². The molecule has 0 N–H and O–H groups in total. The summed E-state index contributed by atoms with van der Waals surface area (Å²) in [4.78, 5) is 42.5. The SMILES string of the molecule is CC(=O)C(C)n1c(=O)c2c(nc3n(-c4ccccc4)c(C)c(C)n23)n(C)c1=O. The molecule has 0 aliphatic carbocycles. The molecule has 0 aliphatic heterocycles. The number of carbonyl (C=O) groups is 1. The van der Waals surface area contributed by atoms with Crippen LogP contribution in [0.15, 0.2) is 39.9 Å². The molecule has 8 heteroatoms. The van der Waals surface area contributed by atoms with Crippen molar-refractivity contribution in [1.82, 2.24) is 23.1 Å². The molecule has 3 aromatic heterocycles. The molecule has 4 aromatic rings. The Balaban J connectivity index is 2.22. The summed E-state index contributed by atoms with van der Waals surface area (Å²) in [6.07, 6.45) is 0. The van der Waals surface area contributed by atoms with E-state index in [1.165, 1.54) is 11.5 Å². The van der Waals surface area contributed by atoms with Crippen molar-refractivity contribution in [3.05, 3.63) is 62.6 Å². The van der Waals surface area contributed by atoms with E-state index < -0.39 is 17.3 Å². The predicted molar refractivity (Wildman–Crippen MR) is 106 cm³/mol. The Bertz CT molecular complexity index is 1370. The summed E-state index contributed by atoms with van der Waals surface area (Å²) in [7, 11) is 1.56. The normalized spacial score (nSPS) is 12.8. The number of Topliss-reactive ketones (excluding diaryl/α,β-unsaturated/α-hetero) is 1. The molecule has 0 saturated carbocycles. The number of aromatic nitrogens is 5. The number of rotatable bonds is 3. The molecule has 0 radical (unpaired) electrons. The molecular formula is C20H21N5O3. The average Bonchev–Trinajstić information content (AvgIpc) is 3.16. The Hall–Kier alpha value is -3.42. The minimum atomic E-state index is -0.848. The number of ketones is 1. The summed E-state index contributed by atoms with van der Waals surface area (Å²) in [5.41, 5.74) is 2.22.